The normalized spacial score (nSPS) is 13.3. The molecule has 0 atom stereocenters. The van der Waals surface area contributed by atoms with Crippen LogP contribution in [-0.2, 0) is 14.1 Å². The van der Waals surface area contributed by atoms with E-state index in [4.69, 9.17) is 23.4 Å². The van der Waals surface area contributed by atoms with Crippen LogP contribution < -0.4 is 60.9 Å². The zero-order valence-electron chi connectivity index (χ0n) is 35.6. The molecule has 0 radical (unpaired) electrons. The van der Waals surface area contributed by atoms with Crippen LogP contribution in [-0.4, -0.2) is 42.5 Å². The van der Waals surface area contributed by atoms with Crippen molar-refractivity contribution in [2.75, 3.05) is 0 Å². The van der Waals surface area contributed by atoms with Crippen molar-refractivity contribution in [1.82, 2.24) is 29.1 Å². The number of rotatable bonds is 4. The number of imidazole rings is 2. The molecule has 0 saturated heterocycles. The standard InChI is InChI=1S/C52H30B2N8O5/c1-59-27-61(51-49(59)55-17-19-57-51)32-11-15-40-36(24-32)53-34-21-29(9-13-38(34)64-42-5-3-7-44(66-40)47(42)53)31-23-46(63-26-31)30-10-14-39-35(22-30)54-37-25-33(62-28-60(2)50-52(62)58-20-18-56-50)12-16-41(37)67-45-8-4-6-43(65-39)48(45)54/h3-26H,1-2H3. The molecule has 0 unspecified atom stereocenters. The van der Waals surface area contributed by atoms with Crippen LogP contribution in [0.2, 0.25) is 0 Å². The van der Waals surface area contributed by atoms with E-state index in [1.807, 2.05) is 105 Å². The Bertz CT molecular complexity index is 3690. The van der Waals surface area contributed by atoms with Gasteiger partial charge in [-0.2, -0.15) is 9.97 Å². The van der Waals surface area contributed by atoms with Gasteiger partial charge in [0.1, 0.15) is 75.4 Å². The number of aryl methyl sites for hydroxylation is 2. The van der Waals surface area contributed by atoms with Gasteiger partial charge in [0.25, 0.3) is 13.4 Å². The molecule has 0 saturated carbocycles. The van der Waals surface area contributed by atoms with Crippen molar-refractivity contribution in [1.29, 1.82) is 0 Å². The highest BCUT2D eigenvalue weighted by atomic mass is 16.5. The van der Waals surface area contributed by atoms with Crippen LogP contribution in [0.25, 0.3) is 56.4 Å². The molecule has 314 valence electrons. The second-order valence-corrected chi connectivity index (χ2v) is 17.2. The fraction of sp³-hybridized carbons (Fsp3) is 0.0385. The third-order valence-corrected chi connectivity index (χ3v) is 13.4. The van der Waals surface area contributed by atoms with E-state index < -0.39 is 0 Å². The molecule has 0 aliphatic carbocycles. The first-order chi connectivity index (χ1) is 33.0. The first kappa shape index (κ1) is 36.4. The van der Waals surface area contributed by atoms with Crippen molar-refractivity contribution in [2.45, 2.75) is 0 Å². The predicted molar refractivity (Wildman–Crippen MR) is 250 cm³/mol. The lowest BCUT2D eigenvalue weighted by atomic mass is 9.34. The zero-order valence-corrected chi connectivity index (χ0v) is 35.6. The van der Waals surface area contributed by atoms with Crippen LogP contribution >= 0.6 is 0 Å². The van der Waals surface area contributed by atoms with Gasteiger partial charge in [-0.05, 0) is 88.1 Å². The summed E-state index contributed by atoms with van der Waals surface area (Å²) >= 11 is 0. The maximum absolute atomic E-state index is 6.60. The molecule has 67 heavy (non-hydrogen) atoms. The van der Waals surface area contributed by atoms with Crippen LogP contribution in [0.15, 0.2) is 151 Å². The lowest BCUT2D eigenvalue weighted by Crippen LogP contribution is -2.57. The Balaban J connectivity index is 0.818. The quantitative estimate of drug-likeness (QED) is 0.140. The minimum absolute atomic E-state index is 0.173. The summed E-state index contributed by atoms with van der Waals surface area (Å²) in [6, 6.07) is 39.1. The highest BCUT2D eigenvalue weighted by Crippen LogP contribution is 2.39. The molecule has 4 aliphatic heterocycles. The van der Waals surface area contributed by atoms with Gasteiger partial charge in [-0.1, -0.05) is 54.6 Å². The fourth-order valence-electron chi connectivity index (χ4n) is 10.4. The summed E-state index contributed by atoms with van der Waals surface area (Å²) in [4.78, 5) is 18.4. The molecule has 0 amide bonds. The van der Waals surface area contributed by atoms with Crippen LogP contribution in [0.5, 0.6) is 46.0 Å². The van der Waals surface area contributed by atoms with Gasteiger partial charge in [0.2, 0.25) is 11.3 Å². The van der Waals surface area contributed by atoms with Gasteiger partial charge in [0.15, 0.2) is 12.7 Å². The van der Waals surface area contributed by atoms with Gasteiger partial charge < -0.3 is 41.6 Å². The summed E-state index contributed by atoms with van der Waals surface area (Å²) in [7, 11) is 3.84. The van der Waals surface area contributed by atoms with E-state index in [1.54, 1.807) is 24.8 Å². The Kier molecular flexibility index (Phi) is 7.22. The zero-order chi connectivity index (χ0) is 44.1. The molecule has 0 N–H and O–H groups in total. The molecule has 6 aromatic carbocycles. The van der Waals surface area contributed by atoms with Crippen molar-refractivity contribution < 1.29 is 32.5 Å². The lowest BCUT2D eigenvalue weighted by molar-refractivity contribution is -0.651. The summed E-state index contributed by atoms with van der Waals surface area (Å²) in [5.41, 5.74) is 13.6. The number of ether oxygens (including phenoxy) is 4. The van der Waals surface area contributed by atoms with E-state index in [-0.39, 0.29) is 13.4 Å². The highest BCUT2D eigenvalue weighted by Gasteiger charge is 2.42. The molecule has 15 heteroatoms. The fourth-order valence-corrected chi connectivity index (χ4v) is 10.4. The summed E-state index contributed by atoms with van der Waals surface area (Å²) in [6.07, 6.45) is 15.4. The molecule has 5 aromatic heterocycles. The summed E-state index contributed by atoms with van der Waals surface area (Å²) in [5.74, 6) is 6.93. The van der Waals surface area contributed by atoms with Gasteiger partial charge in [-0.3, -0.25) is 9.97 Å². The van der Waals surface area contributed by atoms with Gasteiger partial charge in [-0.25, -0.2) is 0 Å². The van der Waals surface area contributed by atoms with E-state index >= 15 is 0 Å². The average molecular weight is 868 g/mol. The summed E-state index contributed by atoms with van der Waals surface area (Å²) in [5, 5.41) is 0. The monoisotopic (exact) mass is 868 g/mol. The number of hydrogen-bond donors (Lipinski definition) is 0. The molecule has 4 aliphatic rings. The second kappa shape index (κ2) is 13.3. The second-order valence-electron chi connectivity index (χ2n) is 17.2. The van der Waals surface area contributed by atoms with Crippen LogP contribution in [0.4, 0.5) is 0 Å². The van der Waals surface area contributed by atoms with Crippen LogP contribution in [0, 0.1) is 12.7 Å². The first-order valence-electron chi connectivity index (χ1n) is 21.8. The molecule has 13 nitrogen and oxygen atoms in total. The van der Waals surface area contributed by atoms with E-state index in [2.05, 4.69) is 81.1 Å². The van der Waals surface area contributed by atoms with Gasteiger partial charge >= 0.3 is 0 Å². The largest absolute Gasteiger partial charge is 0.464 e. The maximum Gasteiger partial charge on any atom is 0.259 e. The number of nitrogens with zero attached hydrogens (tertiary/aromatic N) is 8. The lowest BCUT2D eigenvalue weighted by Gasteiger charge is -2.33. The number of fused-ring (bicyclic) bond motifs is 10. The van der Waals surface area contributed by atoms with E-state index in [0.29, 0.717) is 11.3 Å². The summed E-state index contributed by atoms with van der Waals surface area (Å²) in [6.45, 7) is -0.358. The number of benzene rings is 6. The van der Waals surface area contributed by atoms with Gasteiger partial charge in [-0.15, -0.1) is 0 Å². The Labute approximate surface area is 381 Å². The predicted octanol–water partition coefficient (Wildman–Crippen LogP) is 4.79. The number of furan rings is 1. The average Bonchev–Trinajstić information content (AvgIpc) is 4.09. The Morgan fingerprint density at radius 1 is 0.448 bits per heavy atom. The van der Waals surface area contributed by atoms with Crippen molar-refractivity contribution >= 4 is 68.8 Å². The molecule has 9 heterocycles. The Morgan fingerprint density at radius 3 is 1.39 bits per heavy atom. The van der Waals surface area contributed by atoms with E-state index in [1.165, 1.54) is 0 Å². The molecule has 0 fully saturated rings. The Hall–Kier alpha value is -8.97. The molecule has 0 bridgehead atoms. The maximum atomic E-state index is 6.60. The minimum atomic E-state index is -0.184. The molecule has 15 rings (SSSR count). The topological polar surface area (TPSA) is 119 Å². The molecular weight excluding hydrogens is 838 g/mol. The smallest absolute Gasteiger partial charge is 0.259 e. The van der Waals surface area contributed by atoms with Crippen LogP contribution in [0.1, 0.15) is 0 Å². The van der Waals surface area contributed by atoms with Crippen molar-refractivity contribution in [3.63, 3.8) is 0 Å². The minimum Gasteiger partial charge on any atom is -0.464 e. The Morgan fingerprint density at radius 2 is 0.881 bits per heavy atom. The van der Waals surface area contributed by atoms with Gasteiger partial charge in [0, 0.05) is 47.5 Å². The molecule has 0 spiro atoms. The van der Waals surface area contributed by atoms with Crippen molar-refractivity contribution in [3.05, 3.63) is 159 Å². The summed E-state index contributed by atoms with van der Waals surface area (Å²) < 4.78 is 40.4. The van der Waals surface area contributed by atoms with Crippen molar-refractivity contribution in [2.24, 2.45) is 14.1 Å². The highest BCUT2D eigenvalue weighted by molar-refractivity contribution is 6.99. The van der Waals surface area contributed by atoms with Crippen molar-refractivity contribution in [3.8, 4) is 79.8 Å². The van der Waals surface area contributed by atoms with E-state index in [0.717, 1.165) is 124 Å². The SMILES string of the molecule is C[n+]1[c-]n(-c2ccc3c(c2)B2c4cc(-c5coc(-c6ccc7c(c6)B6c8cc(-n9[c-][n+](C)c%10nccnc%109)ccc8Oc8cccc(c86)O7)c5)ccc4Oc4cccc(c42)O3)c2nccnc21. The van der Waals surface area contributed by atoms with Crippen LogP contribution in [0.3, 0.4) is 0 Å². The molecule has 11 aromatic rings. The number of hydrogen-bond acceptors (Lipinski definition) is 9. The van der Waals surface area contributed by atoms with Gasteiger partial charge in [0.05, 0.1) is 18.7 Å². The number of aromatic nitrogens is 8. The third-order valence-electron chi connectivity index (χ3n) is 13.4. The van der Waals surface area contributed by atoms with E-state index in [9.17, 15) is 0 Å². The first-order valence-corrected chi connectivity index (χ1v) is 21.8. The molecular formula is C52H30B2N8O5. The third kappa shape index (κ3) is 5.21.